The van der Waals surface area contributed by atoms with E-state index in [-0.39, 0.29) is 0 Å². The predicted molar refractivity (Wildman–Crippen MR) is 51.9 cm³/mol. The van der Waals surface area contributed by atoms with E-state index in [0.29, 0.717) is 6.04 Å². The van der Waals surface area contributed by atoms with Crippen molar-refractivity contribution in [1.82, 2.24) is 0 Å². The maximum absolute atomic E-state index is 6.11. The lowest BCUT2D eigenvalue weighted by molar-refractivity contribution is 0.234. The van der Waals surface area contributed by atoms with Gasteiger partial charge in [-0.25, -0.2) is 0 Å². The molecule has 0 heterocycles. The van der Waals surface area contributed by atoms with Crippen LogP contribution in [0.5, 0.6) is 0 Å². The molecule has 2 aliphatic rings. The minimum Gasteiger partial charge on any atom is -0.327 e. The van der Waals surface area contributed by atoms with E-state index in [4.69, 9.17) is 5.73 Å². The van der Waals surface area contributed by atoms with Gasteiger partial charge in [-0.1, -0.05) is 38.5 Å². The quantitative estimate of drug-likeness (QED) is 0.638. The van der Waals surface area contributed by atoms with Gasteiger partial charge in [-0.05, 0) is 24.7 Å². The van der Waals surface area contributed by atoms with Crippen molar-refractivity contribution >= 4 is 0 Å². The maximum Gasteiger partial charge on any atom is 0.00698 e. The molecule has 1 nitrogen and oxygen atoms in total. The van der Waals surface area contributed by atoms with E-state index in [2.05, 4.69) is 0 Å². The number of hydrogen-bond acceptors (Lipinski definition) is 1. The first-order chi connectivity index (χ1) is 5.88. The van der Waals surface area contributed by atoms with Gasteiger partial charge in [0.2, 0.25) is 0 Å². The molecule has 2 atom stereocenters. The van der Waals surface area contributed by atoms with Crippen LogP contribution in [0.15, 0.2) is 0 Å². The zero-order chi connectivity index (χ0) is 8.39. The van der Waals surface area contributed by atoms with Crippen molar-refractivity contribution in [2.24, 2.45) is 17.6 Å². The Morgan fingerprint density at radius 1 is 0.750 bits per heavy atom. The van der Waals surface area contributed by atoms with E-state index in [1.807, 2.05) is 0 Å². The van der Waals surface area contributed by atoms with Crippen LogP contribution < -0.4 is 5.73 Å². The van der Waals surface area contributed by atoms with Crippen LogP contribution >= 0.6 is 0 Å². The molecule has 0 aromatic heterocycles. The SMILES string of the molecule is N[C@@H]1CCC[C@@H]1C1CCCCC1. The summed E-state index contributed by atoms with van der Waals surface area (Å²) in [7, 11) is 0. The fourth-order valence-corrected chi connectivity index (χ4v) is 3.17. The van der Waals surface area contributed by atoms with Crippen LogP contribution in [0.3, 0.4) is 0 Å². The van der Waals surface area contributed by atoms with Crippen LogP contribution in [0.4, 0.5) is 0 Å². The highest BCUT2D eigenvalue weighted by Gasteiger charge is 2.31. The van der Waals surface area contributed by atoms with Crippen molar-refractivity contribution in [2.75, 3.05) is 0 Å². The average Bonchev–Trinajstić information content (AvgIpc) is 2.53. The molecule has 0 aliphatic heterocycles. The fraction of sp³-hybridized carbons (Fsp3) is 1.00. The van der Waals surface area contributed by atoms with Crippen LogP contribution in [0.1, 0.15) is 51.4 Å². The molecule has 0 radical (unpaired) electrons. The molecule has 2 saturated carbocycles. The molecule has 0 amide bonds. The van der Waals surface area contributed by atoms with E-state index >= 15 is 0 Å². The van der Waals surface area contributed by atoms with Crippen LogP contribution in [-0.2, 0) is 0 Å². The van der Waals surface area contributed by atoms with Gasteiger partial charge in [0.1, 0.15) is 0 Å². The Bertz CT molecular complexity index is 138. The van der Waals surface area contributed by atoms with E-state index in [9.17, 15) is 0 Å². The van der Waals surface area contributed by atoms with Crippen molar-refractivity contribution in [3.63, 3.8) is 0 Å². The first kappa shape index (κ1) is 8.55. The minimum atomic E-state index is 0.549. The van der Waals surface area contributed by atoms with Crippen LogP contribution in [0, 0.1) is 11.8 Å². The minimum absolute atomic E-state index is 0.549. The van der Waals surface area contributed by atoms with E-state index < -0.39 is 0 Å². The second kappa shape index (κ2) is 3.78. The lowest BCUT2D eigenvalue weighted by atomic mass is 9.78. The van der Waals surface area contributed by atoms with Gasteiger partial charge >= 0.3 is 0 Å². The molecule has 2 fully saturated rings. The summed E-state index contributed by atoms with van der Waals surface area (Å²) in [6.07, 6.45) is 11.5. The Balaban J connectivity index is 1.89. The van der Waals surface area contributed by atoms with Crippen LogP contribution in [0.25, 0.3) is 0 Å². The summed E-state index contributed by atoms with van der Waals surface area (Å²) < 4.78 is 0. The number of hydrogen-bond donors (Lipinski definition) is 1. The van der Waals surface area contributed by atoms with E-state index in [1.54, 1.807) is 0 Å². The van der Waals surface area contributed by atoms with Gasteiger partial charge in [-0.2, -0.15) is 0 Å². The predicted octanol–water partition coefficient (Wildman–Crippen LogP) is 2.69. The summed E-state index contributed by atoms with van der Waals surface area (Å²) in [6.45, 7) is 0. The average molecular weight is 167 g/mol. The lowest BCUT2D eigenvalue weighted by Crippen LogP contribution is -2.31. The molecular formula is C11H21N. The first-order valence-corrected chi connectivity index (χ1v) is 5.63. The Morgan fingerprint density at radius 2 is 1.50 bits per heavy atom. The normalized spacial score (nSPS) is 38.8. The van der Waals surface area contributed by atoms with Gasteiger partial charge in [-0.15, -0.1) is 0 Å². The molecule has 2 rings (SSSR count). The fourth-order valence-electron chi connectivity index (χ4n) is 3.17. The van der Waals surface area contributed by atoms with E-state index in [0.717, 1.165) is 11.8 Å². The van der Waals surface area contributed by atoms with E-state index in [1.165, 1.54) is 51.4 Å². The van der Waals surface area contributed by atoms with Gasteiger partial charge in [0.25, 0.3) is 0 Å². The molecule has 2 N–H and O–H groups in total. The first-order valence-electron chi connectivity index (χ1n) is 5.63. The van der Waals surface area contributed by atoms with Gasteiger partial charge in [0, 0.05) is 6.04 Å². The van der Waals surface area contributed by atoms with Crippen molar-refractivity contribution < 1.29 is 0 Å². The molecule has 12 heavy (non-hydrogen) atoms. The van der Waals surface area contributed by atoms with Crippen molar-refractivity contribution in [3.05, 3.63) is 0 Å². The van der Waals surface area contributed by atoms with Crippen molar-refractivity contribution in [1.29, 1.82) is 0 Å². The Kier molecular flexibility index (Phi) is 2.69. The second-order valence-corrected chi connectivity index (χ2v) is 4.66. The van der Waals surface area contributed by atoms with Gasteiger partial charge < -0.3 is 5.73 Å². The van der Waals surface area contributed by atoms with Crippen molar-refractivity contribution in [3.8, 4) is 0 Å². The van der Waals surface area contributed by atoms with Gasteiger partial charge in [0.05, 0.1) is 0 Å². The summed E-state index contributed by atoms with van der Waals surface area (Å²) in [6, 6.07) is 0.549. The molecule has 0 spiro atoms. The summed E-state index contributed by atoms with van der Waals surface area (Å²) in [5, 5.41) is 0. The molecule has 0 aromatic carbocycles. The second-order valence-electron chi connectivity index (χ2n) is 4.66. The smallest absolute Gasteiger partial charge is 0.00698 e. The largest absolute Gasteiger partial charge is 0.327 e. The monoisotopic (exact) mass is 167 g/mol. The zero-order valence-corrected chi connectivity index (χ0v) is 7.97. The highest BCUT2D eigenvalue weighted by molar-refractivity contribution is 4.86. The topological polar surface area (TPSA) is 26.0 Å². The zero-order valence-electron chi connectivity index (χ0n) is 7.97. The maximum atomic E-state index is 6.11. The van der Waals surface area contributed by atoms with Gasteiger partial charge in [-0.3, -0.25) is 0 Å². The van der Waals surface area contributed by atoms with Crippen LogP contribution in [-0.4, -0.2) is 6.04 Å². The molecule has 0 bridgehead atoms. The summed E-state index contributed by atoms with van der Waals surface area (Å²) >= 11 is 0. The number of rotatable bonds is 1. The van der Waals surface area contributed by atoms with Gasteiger partial charge in [0.15, 0.2) is 0 Å². The van der Waals surface area contributed by atoms with Crippen molar-refractivity contribution in [2.45, 2.75) is 57.4 Å². The summed E-state index contributed by atoms with van der Waals surface area (Å²) in [5.74, 6) is 1.89. The standard InChI is InChI=1S/C11H21N/c12-11-8-4-7-10(11)9-5-2-1-3-6-9/h9-11H,1-8,12H2/t10-,11-/m1/s1. The summed E-state index contributed by atoms with van der Waals surface area (Å²) in [5.41, 5.74) is 6.11. The molecule has 0 aromatic rings. The molecule has 1 heteroatoms. The molecule has 2 aliphatic carbocycles. The molecule has 0 unspecified atom stereocenters. The molecule has 0 saturated heterocycles. The Labute approximate surface area is 75.7 Å². The third kappa shape index (κ3) is 1.66. The molecule has 70 valence electrons. The lowest BCUT2D eigenvalue weighted by Gasteiger charge is -2.29. The summed E-state index contributed by atoms with van der Waals surface area (Å²) in [4.78, 5) is 0. The third-order valence-electron chi connectivity index (χ3n) is 3.88. The highest BCUT2D eigenvalue weighted by Crippen LogP contribution is 2.38. The number of nitrogens with two attached hydrogens (primary N) is 1. The highest BCUT2D eigenvalue weighted by atomic mass is 14.7. The Hall–Kier alpha value is -0.0400. The third-order valence-corrected chi connectivity index (χ3v) is 3.88. The van der Waals surface area contributed by atoms with Crippen LogP contribution in [0.2, 0.25) is 0 Å². The molecular weight excluding hydrogens is 146 g/mol. The Morgan fingerprint density at radius 3 is 2.08 bits per heavy atom.